The number of hydrogen-bond acceptors (Lipinski definition) is 2. The van der Waals surface area contributed by atoms with Gasteiger partial charge in [-0.05, 0) is 95.2 Å². The maximum absolute atomic E-state index is 6.64. The van der Waals surface area contributed by atoms with Gasteiger partial charge in [0, 0.05) is 36.5 Å². The lowest BCUT2D eigenvalue weighted by Crippen LogP contribution is -1.92. The van der Waals surface area contributed by atoms with E-state index in [1.807, 2.05) is 11.3 Å². The molecule has 54 heavy (non-hydrogen) atoms. The standard InChI is InChI=1S/C52H30OS/c1-2-14-31(15-3-1)47-37-21-8-10-23-39(37)48(40-24-11-9-22-38(40)47)41-26-27-42(35-19-7-6-18-34(35)41)49-33-17-5-4-16-32(33)30-44-50-46(54-52(44)49)29-28-43-36-20-12-13-25-45(36)53-51(43)50/h1-30H. The highest BCUT2D eigenvalue weighted by Gasteiger charge is 2.23. The van der Waals surface area contributed by atoms with E-state index in [1.54, 1.807) is 0 Å². The topological polar surface area (TPSA) is 13.1 Å². The number of thiophene rings is 1. The molecule has 0 spiro atoms. The monoisotopic (exact) mass is 702 g/mol. The maximum atomic E-state index is 6.64. The first-order valence-corrected chi connectivity index (χ1v) is 19.3. The number of para-hydroxylation sites is 1. The van der Waals surface area contributed by atoms with E-state index < -0.39 is 0 Å². The van der Waals surface area contributed by atoms with Crippen LogP contribution in [0.15, 0.2) is 186 Å². The highest BCUT2D eigenvalue weighted by Crippen LogP contribution is 2.51. The molecule has 0 aliphatic rings. The van der Waals surface area contributed by atoms with Crippen molar-refractivity contribution in [1.82, 2.24) is 0 Å². The first kappa shape index (κ1) is 29.8. The molecule has 2 aromatic heterocycles. The zero-order chi connectivity index (χ0) is 35.3. The fourth-order valence-electron chi connectivity index (χ4n) is 9.18. The quantitative estimate of drug-likeness (QED) is 0.167. The molecule has 0 unspecified atom stereocenters. The lowest BCUT2D eigenvalue weighted by molar-refractivity contribution is 0.673. The Hall–Kier alpha value is -6.74. The molecule has 0 atom stereocenters. The van der Waals surface area contributed by atoms with Gasteiger partial charge in [0.25, 0.3) is 0 Å². The van der Waals surface area contributed by atoms with Crippen LogP contribution in [0, 0.1) is 0 Å². The van der Waals surface area contributed by atoms with Crippen LogP contribution in [0.25, 0.3) is 119 Å². The second kappa shape index (κ2) is 11.4. The molecule has 12 aromatic rings. The predicted molar refractivity (Wildman–Crippen MR) is 233 cm³/mol. The minimum Gasteiger partial charge on any atom is -0.455 e. The van der Waals surface area contributed by atoms with Crippen LogP contribution in [-0.2, 0) is 0 Å². The van der Waals surface area contributed by atoms with E-state index >= 15 is 0 Å². The van der Waals surface area contributed by atoms with Crippen LogP contribution in [0.4, 0.5) is 0 Å². The highest BCUT2D eigenvalue weighted by molar-refractivity contribution is 7.26. The van der Waals surface area contributed by atoms with Crippen molar-refractivity contribution in [2.75, 3.05) is 0 Å². The summed E-state index contributed by atoms with van der Waals surface area (Å²) in [4.78, 5) is 0. The molecule has 10 aromatic carbocycles. The van der Waals surface area contributed by atoms with Gasteiger partial charge in [0.1, 0.15) is 11.2 Å². The summed E-state index contributed by atoms with van der Waals surface area (Å²) < 4.78 is 9.17. The fourth-order valence-corrected chi connectivity index (χ4v) is 10.4. The molecule has 0 saturated heterocycles. The average molecular weight is 703 g/mol. The molecule has 2 heterocycles. The van der Waals surface area contributed by atoms with Crippen molar-refractivity contribution in [3.63, 3.8) is 0 Å². The van der Waals surface area contributed by atoms with E-state index in [0.717, 1.165) is 16.6 Å². The van der Waals surface area contributed by atoms with Gasteiger partial charge in [-0.3, -0.25) is 0 Å². The lowest BCUT2D eigenvalue weighted by atomic mass is 9.83. The summed E-state index contributed by atoms with van der Waals surface area (Å²) in [7, 11) is 0. The number of fused-ring (bicyclic) bond motifs is 11. The molecular weight excluding hydrogens is 673 g/mol. The summed E-state index contributed by atoms with van der Waals surface area (Å²) >= 11 is 1.88. The van der Waals surface area contributed by atoms with Gasteiger partial charge in [-0.25, -0.2) is 0 Å². The number of hydrogen-bond donors (Lipinski definition) is 0. The van der Waals surface area contributed by atoms with Gasteiger partial charge in [0.05, 0.1) is 0 Å². The Labute approximate surface area is 314 Å². The SMILES string of the molecule is c1ccc(-c2c3ccccc3c(-c3ccc(-c4c5ccccc5cc5c4sc4ccc6c7ccccc7oc6c45)c4ccccc34)c3ccccc23)cc1. The Morgan fingerprint density at radius 2 is 0.889 bits per heavy atom. The van der Waals surface area contributed by atoms with E-state index in [4.69, 9.17) is 4.42 Å². The van der Waals surface area contributed by atoms with Crippen LogP contribution in [0.5, 0.6) is 0 Å². The van der Waals surface area contributed by atoms with Crippen molar-refractivity contribution < 1.29 is 4.42 Å². The van der Waals surface area contributed by atoms with E-state index in [1.165, 1.54) is 102 Å². The van der Waals surface area contributed by atoms with Crippen molar-refractivity contribution in [2.24, 2.45) is 0 Å². The third kappa shape index (κ3) is 4.14. The normalized spacial score (nSPS) is 12.1. The minimum absolute atomic E-state index is 0.929. The molecular formula is C52H30OS. The third-order valence-electron chi connectivity index (χ3n) is 11.4. The number of furan rings is 1. The first-order chi connectivity index (χ1) is 26.8. The zero-order valence-electron chi connectivity index (χ0n) is 29.1. The molecule has 0 fully saturated rings. The van der Waals surface area contributed by atoms with E-state index in [2.05, 4.69) is 182 Å². The van der Waals surface area contributed by atoms with Crippen molar-refractivity contribution in [1.29, 1.82) is 0 Å². The van der Waals surface area contributed by atoms with Gasteiger partial charge in [0.15, 0.2) is 0 Å². The smallest absolute Gasteiger partial charge is 0.144 e. The zero-order valence-corrected chi connectivity index (χ0v) is 30.0. The summed E-state index contributed by atoms with van der Waals surface area (Å²) in [5.41, 5.74) is 9.48. The summed E-state index contributed by atoms with van der Waals surface area (Å²) in [6.45, 7) is 0. The number of rotatable bonds is 3. The molecule has 12 rings (SSSR count). The van der Waals surface area contributed by atoms with Crippen molar-refractivity contribution in [2.45, 2.75) is 0 Å². The van der Waals surface area contributed by atoms with Crippen LogP contribution < -0.4 is 0 Å². The summed E-state index contributed by atoms with van der Waals surface area (Å²) in [6.07, 6.45) is 0. The van der Waals surface area contributed by atoms with Crippen LogP contribution >= 0.6 is 11.3 Å². The Morgan fingerprint density at radius 3 is 1.57 bits per heavy atom. The molecule has 0 radical (unpaired) electrons. The van der Waals surface area contributed by atoms with Gasteiger partial charge < -0.3 is 4.42 Å². The fraction of sp³-hybridized carbons (Fsp3) is 0. The average Bonchev–Trinajstić information content (AvgIpc) is 3.80. The maximum Gasteiger partial charge on any atom is 0.144 e. The molecule has 0 aliphatic heterocycles. The summed E-state index contributed by atoms with van der Waals surface area (Å²) in [5.74, 6) is 0. The van der Waals surface area contributed by atoms with Crippen molar-refractivity contribution in [3.8, 4) is 33.4 Å². The molecule has 0 amide bonds. The Morgan fingerprint density at radius 1 is 0.352 bits per heavy atom. The Kier molecular flexibility index (Phi) is 6.28. The van der Waals surface area contributed by atoms with E-state index in [-0.39, 0.29) is 0 Å². The van der Waals surface area contributed by atoms with Gasteiger partial charge in [-0.1, -0.05) is 158 Å². The van der Waals surface area contributed by atoms with E-state index in [0.29, 0.717) is 0 Å². The predicted octanol–water partition coefficient (Wildman–Crippen LogP) is 15.6. The second-order valence-corrected chi connectivity index (χ2v) is 15.3. The molecule has 250 valence electrons. The van der Waals surface area contributed by atoms with E-state index in [9.17, 15) is 0 Å². The molecule has 1 nitrogen and oxygen atoms in total. The molecule has 0 bridgehead atoms. The second-order valence-electron chi connectivity index (χ2n) is 14.3. The van der Waals surface area contributed by atoms with Crippen LogP contribution in [-0.4, -0.2) is 0 Å². The van der Waals surface area contributed by atoms with Crippen LogP contribution in [0.2, 0.25) is 0 Å². The minimum atomic E-state index is 0.929. The molecule has 0 saturated carbocycles. The van der Waals surface area contributed by atoms with Crippen LogP contribution in [0.1, 0.15) is 0 Å². The lowest BCUT2D eigenvalue weighted by Gasteiger charge is -2.20. The Bertz CT molecular complexity index is 3440. The van der Waals surface area contributed by atoms with Crippen molar-refractivity contribution in [3.05, 3.63) is 182 Å². The Balaban J connectivity index is 1.19. The first-order valence-electron chi connectivity index (χ1n) is 18.5. The largest absolute Gasteiger partial charge is 0.455 e. The van der Waals surface area contributed by atoms with Crippen molar-refractivity contribution >= 4 is 96.5 Å². The van der Waals surface area contributed by atoms with Gasteiger partial charge in [0.2, 0.25) is 0 Å². The highest BCUT2D eigenvalue weighted by atomic mass is 32.1. The molecule has 2 heteroatoms. The third-order valence-corrected chi connectivity index (χ3v) is 12.6. The van der Waals surface area contributed by atoms with Gasteiger partial charge in [-0.15, -0.1) is 11.3 Å². The van der Waals surface area contributed by atoms with Crippen LogP contribution in [0.3, 0.4) is 0 Å². The molecule has 0 N–H and O–H groups in total. The summed E-state index contributed by atoms with van der Waals surface area (Å²) in [6, 6.07) is 66.6. The summed E-state index contributed by atoms with van der Waals surface area (Å²) in [5, 5.41) is 14.8. The van der Waals surface area contributed by atoms with Gasteiger partial charge >= 0.3 is 0 Å². The number of benzene rings is 10. The van der Waals surface area contributed by atoms with Gasteiger partial charge in [-0.2, -0.15) is 0 Å². The molecule has 0 aliphatic carbocycles.